The Morgan fingerprint density at radius 2 is 2.26 bits per heavy atom. The number of hydrogen-bond donors (Lipinski definition) is 4. The summed E-state index contributed by atoms with van der Waals surface area (Å²) in [5, 5.41) is 24.6. The van der Waals surface area contributed by atoms with Gasteiger partial charge >= 0.3 is 6.18 Å². The highest BCUT2D eigenvalue weighted by Gasteiger charge is 2.68. The van der Waals surface area contributed by atoms with E-state index in [4.69, 9.17) is 10.3 Å². The van der Waals surface area contributed by atoms with Gasteiger partial charge in [-0.1, -0.05) is 6.58 Å². The zero-order valence-electron chi connectivity index (χ0n) is 11.5. The first-order valence-electron chi connectivity index (χ1n) is 6.25. The third-order valence-corrected chi connectivity index (χ3v) is 3.50. The van der Waals surface area contributed by atoms with Crippen molar-refractivity contribution in [2.75, 3.05) is 6.61 Å². The Balaban J connectivity index is 2.48. The maximum atomic E-state index is 13.3. The second-order valence-electron chi connectivity index (χ2n) is 4.88. The molecule has 4 atom stereocenters. The lowest BCUT2D eigenvalue weighted by Gasteiger charge is -2.34. The zero-order chi connectivity index (χ0) is 17.4. The number of aliphatic hydroxyl groups excluding tert-OH is 2. The van der Waals surface area contributed by atoms with Crippen LogP contribution in [0.1, 0.15) is 0 Å². The fraction of sp³-hybridized carbons (Fsp3) is 0.545. The number of aliphatic hydroxyl groups is 2. The highest BCUT2D eigenvalue weighted by Crippen LogP contribution is 2.46. The van der Waals surface area contributed by atoms with Crippen molar-refractivity contribution in [1.29, 1.82) is 5.53 Å². The molecule has 2 aliphatic rings. The molecule has 9 nitrogen and oxygen atoms in total. The Hall–Kier alpha value is -2.27. The maximum Gasteiger partial charge on any atom is 0.398 e. The molecule has 1 fully saturated rings. The standard InChI is InChI=1S/C11H12F3N5O4/c1-5-16-6(21)2-3-19(5)9-7(11(12,13)14)8(22)10(4-20,23-9)17-18-15/h2-3,7-9,15,20,22H,1,4H2/p+1/t7-,8-,9+,10+/m0/s1. The maximum absolute atomic E-state index is 13.3. The number of nitrogens with one attached hydrogen (secondary N) is 2. The van der Waals surface area contributed by atoms with Crippen LogP contribution in [0, 0.1) is 11.4 Å². The highest BCUT2D eigenvalue weighted by atomic mass is 19.4. The number of carbonyl (C=O) groups is 1. The van der Waals surface area contributed by atoms with Crippen LogP contribution in [0.3, 0.4) is 0 Å². The molecule has 0 bridgehead atoms. The smallest absolute Gasteiger partial charge is 0.391 e. The summed E-state index contributed by atoms with van der Waals surface area (Å²) in [6.45, 7) is 2.28. The molecule has 1 amide bonds. The molecule has 126 valence electrons. The topological polar surface area (TPSA) is 132 Å². The van der Waals surface area contributed by atoms with Gasteiger partial charge in [0.15, 0.2) is 11.3 Å². The van der Waals surface area contributed by atoms with E-state index >= 15 is 0 Å². The van der Waals surface area contributed by atoms with Gasteiger partial charge in [0.1, 0.15) is 30.0 Å². The molecule has 2 rings (SSSR count). The van der Waals surface area contributed by atoms with Gasteiger partial charge in [-0.15, -0.1) is 0 Å². The summed E-state index contributed by atoms with van der Waals surface area (Å²) >= 11 is 0. The van der Waals surface area contributed by atoms with Crippen LogP contribution in [-0.2, 0) is 9.53 Å². The molecule has 2 heterocycles. The van der Waals surface area contributed by atoms with Crippen LogP contribution >= 0.6 is 0 Å². The number of halogens is 3. The zero-order valence-corrected chi connectivity index (χ0v) is 11.5. The third-order valence-electron chi connectivity index (χ3n) is 3.50. The lowest BCUT2D eigenvalue weighted by Crippen LogP contribution is -2.49. The van der Waals surface area contributed by atoms with Crippen LogP contribution in [0.2, 0.25) is 0 Å². The lowest BCUT2D eigenvalue weighted by atomic mass is 9.95. The fourth-order valence-electron chi connectivity index (χ4n) is 2.41. The molecular formula is C11H13F3N5O4+. The van der Waals surface area contributed by atoms with Crippen molar-refractivity contribution in [2.24, 2.45) is 11.0 Å². The fourth-order valence-corrected chi connectivity index (χ4v) is 2.41. The molecule has 0 unspecified atom stereocenters. The molecule has 0 spiro atoms. The number of carbonyl (C=O) groups excluding carboxylic acids is 1. The molecule has 23 heavy (non-hydrogen) atoms. The van der Waals surface area contributed by atoms with E-state index in [9.17, 15) is 28.2 Å². The van der Waals surface area contributed by atoms with Gasteiger partial charge in [0.2, 0.25) is 4.91 Å². The van der Waals surface area contributed by atoms with Crippen LogP contribution < -0.4 is 10.2 Å². The molecular weight excluding hydrogens is 323 g/mol. The highest BCUT2D eigenvalue weighted by molar-refractivity contribution is 5.89. The van der Waals surface area contributed by atoms with Gasteiger partial charge in [-0.3, -0.25) is 4.79 Å². The van der Waals surface area contributed by atoms with Crippen molar-refractivity contribution in [3.8, 4) is 0 Å². The molecule has 12 heteroatoms. The van der Waals surface area contributed by atoms with E-state index in [1.165, 1.54) is 0 Å². The predicted molar refractivity (Wildman–Crippen MR) is 65.8 cm³/mol. The van der Waals surface area contributed by atoms with Gasteiger partial charge in [-0.2, -0.15) is 13.2 Å². The monoisotopic (exact) mass is 336 g/mol. The largest absolute Gasteiger partial charge is 0.398 e. The van der Waals surface area contributed by atoms with Gasteiger partial charge in [-0.05, 0) is 0 Å². The Kier molecular flexibility index (Phi) is 4.26. The molecule has 0 saturated carbocycles. The molecule has 0 aromatic carbocycles. The van der Waals surface area contributed by atoms with E-state index < -0.39 is 42.7 Å². The number of alkyl halides is 3. The molecule has 1 saturated heterocycles. The van der Waals surface area contributed by atoms with E-state index in [1.807, 2.05) is 0 Å². The van der Waals surface area contributed by atoms with Crippen molar-refractivity contribution in [3.63, 3.8) is 0 Å². The van der Waals surface area contributed by atoms with Crippen LogP contribution in [0.5, 0.6) is 0 Å². The van der Waals surface area contributed by atoms with Crippen molar-refractivity contribution < 1.29 is 32.9 Å². The molecule has 2 aliphatic heterocycles. The normalized spacial score (nSPS) is 34.3. The Labute approximate surface area is 127 Å². The SMILES string of the molecule is C=C1NC(=O)C=CN1[C@@H]1O[C@@](CO)(N=[N+]=N)[C@@H](O)[C@@H]1C(F)(F)F. The Morgan fingerprint density at radius 3 is 2.74 bits per heavy atom. The van der Waals surface area contributed by atoms with Gasteiger partial charge in [0.25, 0.3) is 11.6 Å². The average molecular weight is 336 g/mol. The first-order chi connectivity index (χ1) is 10.7. The number of amides is 1. The van der Waals surface area contributed by atoms with Crippen molar-refractivity contribution >= 4 is 5.91 Å². The second kappa shape index (κ2) is 5.74. The Morgan fingerprint density at radius 1 is 1.61 bits per heavy atom. The van der Waals surface area contributed by atoms with Crippen LogP contribution in [0.4, 0.5) is 13.2 Å². The summed E-state index contributed by atoms with van der Waals surface area (Å²) in [6.07, 6.45) is -7.16. The van der Waals surface area contributed by atoms with E-state index in [-0.39, 0.29) is 5.82 Å². The van der Waals surface area contributed by atoms with Gasteiger partial charge < -0.3 is 25.2 Å². The van der Waals surface area contributed by atoms with E-state index in [1.54, 1.807) is 0 Å². The number of hydrogen-bond acceptors (Lipinski definition) is 7. The summed E-state index contributed by atoms with van der Waals surface area (Å²) in [7, 11) is 0. The minimum absolute atomic E-state index is 0.208. The number of rotatable bonds is 3. The average Bonchev–Trinajstić information content (AvgIpc) is 2.72. The Bertz CT molecular complexity index is 603. The summed E-state index contributed by atoms with van der Waals surface area (Å²) < 4.78 is 45.1. The minimum Gasteiger partial charge on any atom is -0.391 e. The predicted octanol–water partition coefficient (Wildman–Crippen LogP) is -0.462. The van der Waals surface area contributed by atoms with Crippen LogP contribution in [-0.4, -0.2) is 51.9 Å². The quantitative estimate of drug-likeness (QED) is 0.409. The molecule has 0 radical (unpaired) electrons. The number of nitrogens with zero attached hydrogens (tertiary/aromatic N) is 3. The van der Waals surface area contributed by atoms with Crippen molar-refractivity contribution in [1.82, 2.24) is 15.1 Å². The summed E-state index contributed by atoms with van der Waals surface area (Å²) in [5.74, 6) is -3.29. The van der Waals surface area contributed by atoms with Crippen molar-refractivity contribution in [3.05, 3.63) is 24.7 Å². The summed E-state index contributed by atoms with van der Waals surface area (Å²) in [6, 6.07) is 0. The lowest BCUT2D eigenvalue weighted by molar-refractivity contribution is -0.213. The van der Waals surface area contributed by atoms with Gasteiger partial charge in [0.05, 0.1) is 0 Å². The minimum atomic E-state index is -4.92. The molecule has 4 N–H and O–H groups in total. The van der Waals surface area contributed by atoms with Crippen LogP contribution in [0.15, 0.2) is 29.8 Å². The molecule has 0 aromatic rings. The van der Waals surface area contributed by atoms with E-state index in [0.29, 0.717) is 0 Å². The number of ether oxygens (including phenoxy) is 1. The van der Waals surface area contributed by atoms with E-state index in [2.05, 4.69) is 21.9 Å². The third kappa shape index (κ3) is 2.84. The summed E-state index contributed by atoms with van der Waals surface area (Å²) in [5.41, 5.74) is 4.21. The molecule has 0 aromatic heterocycles. The van der Waals surface area contributed by atoms with Gasteiger partial charge in [-0.25, -0.2) is 0 Å². The van der Waals surface area contributed by atoms with E-state index in [0.717, 1.165) is 17.2 Å². The van der Waals surface area contributed by atoms with Crippen molar-refractivity contribution in [2.45, 2.75) is 24.2 Å². The second-order valence-corrected chi connectivity index (χ2v) is 4.88. The van der Waals surface area contributed by atoms with Crippen LogP contribution in [0.25, 0.3) is 0 Å². The first-order valence-corrected chi connectivity index (χ1v) is 6.25. The molecule has 0 aliphatic carbocycles. The van der Waals surface area contributed by atoms with Gasteiger partial charge in [0, 0.05) is 12.3 Å². The summed E-state index contributed by atoms with van der Waals surface area (Å²) in [4.78, 5) is 14.6. The first kappa shape index (κ1) is 17.1.